The number of ether oxygens (including phenoxy) is 2. The molecular weight excluding hydrogens is 389 g/mol. The minimum atomic E-state index is -2.99. The van der Waals surface area contributed by atoms with Crippen LogP contribution in [-0.4, -0.2) is 38.8 Å². The molecule has 2 aliphatic heterocycles. The van der Waals surface area contributed by atoms with Crippen molar-refractivity contribution in [3.8, 4) is 0 Å². The predicted octanol–water partition coefficient (Wildman–Crippen LogP) is 2.91. The lowest BCUT2D eigenvalue weighted by Crippen LogP contribution is -2.32. The summed E-state index contributed by atoms with van der Waals surface area (Å²) in [6.45, 7) is -1.49. The summed E-state index contributed by atoms with van der Waals surface area (Å²) in [7, 11) is 0.991. The Bertz CT molecular complexity index is 916. The Morgan fingerprint density at radius 3 is 2.71 bits per heavy atom. The van der Waals surface area contributed by atoms with Gasteiger partial charge in [-0.3, -0.25) is 0 Å². The van der Waals surface area contributed by atoms with Gasteiger partial charge in [0.1, 0.15) is 24.9 Å². The predicted molar refractivity (Wildman–Crippen MR) is 87.1 cm³/mol. The molecule has 0 unspecified atom stereocenters. The number of carbonyl (C=O) groups excluding carboxylic acids is 2. The maximum atomic E-state index is 14.3. The van der Waals surface area contributed by atoms with Crippen molar-refractivity contribution in [3.63, 3.8) is 0 Å². The van der Waals surface area contributed by atoms with E-state index < -0.39 is 65.7 Å². The molecule has 1 aromatic carbocycles. The second-order valence-corrected chi connectivity index (χ2v) is 6.09. The highest BCUT2D eigenvalue weighted by Crippen LogP contribution is 2.43. The van der Waals surface area contributed by atoms with E-state index in [1.54, 1.807) is 0 Å². The van der Waals surface area contributed by atoms with Crippen molar-refractivity contribution in [2.24, 2.45) is 0 Å². The number of halogens is 5. The van der Waals surface area contributed by atoms with Crippen LogP contribution in [0.15, 0.2) is 34.7 Å². The van der Waals surface area contributed by atoms with Gasteiger partial charge >= 0.3 is 11.9 Å². The fourth-order valence-electron chi connectivity index (χ4n) is 3.40. The molecule has 10 heteroatoms. The van der Waals surface area contributed by atoms with Gasteiger partial charge in [0.2, 0.25) is 6.43 Å². The van der Waals surface area contributed by atoms with E-state index in [1.807, 2.05) is 0 Å². The van der Waals surface area contributed by atoms with Crippen molar-refractivity contribution < 1.29 is 42.4 Å². The van der Waals surface area contributed by atoms with Crippen LogP contribution in [0.4, 0.5) is 22.0 Å². The second-order valence-electron chi connectivity index (χ2n) is 6.09. The molecule has 152 valence electrons. The summed E-state index contributed by atoms with van der Waals surface area (Å²) in [5.41, 5.74) is -1.85. The van der Waals surface area contributed by atoms with Gasteiger partial charge in [-0.15, -0.1) is 0 Å². The van der Waals surface area contributed by atoms with Crippen molar-refractivity contribution in [1.29, 1.82) is 0 Å². The molecule has 0 saturated carbocycles. The molecule has 0 saturated heterocycles. The van der Waals surface area contributed by atoms with Crippen LogP contribution in [0.5, 0.6) is 0 Å². The molecule has 0 aliphatic carbocycles. The van der Waals surface area contributed by atoms with Crippen molar-refractivity contribution in [1.82, 2.24) is 5.32 Å². The van der Waals surface area contributed by atoms with E-state index >= 15 is 0 Å². The van der Waals surface area contributed by atoms with E-state index in [4.69, 9.17) is 4.74 Å². The fraction of sp³-hybridized carbons (Fsp3) is 0.333. The molecule has 1 N–H and O–H groups in total. The molecular formula is C18H16F5NO4. The average molecular weight is 405 g/mol. The summed E-state index contributed by atoms with van der Waals surface area (Å²) in [6, 6.07) is 1.16. The Labute approximate surface area is 157 Å². The van der Waals surface area contributed by atoms with Gasteiger partial charge in [-0.05, 0) is 17.2 Å². The SMILES string of the molecule is COC(=O)C1=C(CF)NC2=C(C(=O)OC2)[C@H]1c1cc(F)cc(F)c1CC(F)F.[HH]. The minimum Gasteiger partial charge on any atom is -0.466 e. The molecule has 3 rings (SSSR count). The highest BCUT2D eigenvalue weighted by Gasteiger charge is 2.44. The summed E-state index contributed by atoms with van der Waals surface area (Å²) in [5, 5.41) is 2.55. The standard InChI is InChI=1S/C18H14F5NO4.H2/c1-27-17(25)15-11(5-19)24-12-6-28-18(26)16(12)14(15)9-2-7(20)3-10(21)8(9)4-13(22)23;/h2-3,13-14,24H,4-6H2,1H3;1H/t14-;/m0./s1. The van der Waals surface area contributed by atoms with Crippen molar-refractivity contribution in [2.75, 3.05) is 20.4 Å². The number of dihydropyridines is 1. The van der Waals surface area contributed by atoms with Gasteiger partial charge in [0.05, 0.1) is 35.6 Å². The maximum Gasteiger partial charge on any atom is 0.337 e. The average Bonchev–Trinajstić information content (AvgIpc) is 3.02. The van der Waals surface area contributed by atoms with Crippen LogP contribution in [0.1, 0.15) is 18.5 Å². The third-order valence-corrected chi connectivity index (χ3v) is 4.50. The zero-order valence-corrected chi connectivity index (χ0v) is 14.5. The molecule has 1 aromatic rings. The lowest BCUT2D eigenvalue weighted by molar-refractivity contribution is -0.136. The first kappa shape index (κ1) is 19.8. The lowest BCUT2D eigenvalue weighted by Gasteiger charge is -2.29. The number of allylic oxidation sites excluding steroid dienone is 1. The van der Waals surface area contributed by atoms with Crippen molar-refractivity contribution >= 4 is 11.9 Å². The summed E-state index contributed by atoms with van der Waals surface area (Å²) >= 11 is 0. The molecule has 2 heterocycles. The Kier molecular flexibility index (Phi) is 5.39. The van der Waals surface area contributed by atoms with Gasteiger partial charge in [0.25, 0.3) is 0 Å². The number of hydrogen-bond donors (Lipinski definition) is 1. The van der Waals surface area contributed by atoms with Gasteiger partial charge < -0.3 is 14.8 Å². The number of cyclic esters (lactones) is 1. The van der Waals surface area contributed by atoms with Crippen LogP contribution in [-0.2, 0) is 25.5 Å². The Morgan fingerprint density at radius 1 is 1.39 bits per heavy atom. The highest BCUT2D eigenvalue weighted by molar-refractivity contribution is 6.01. The number of alkyl halides is 3. The summed E-state index contributed by atoms with van der Waals surface area (Å²) in [5.74, 6) is -5.90. The van der Waals surface area contributed by atoms with Gasteiger partial charge in [0, 0.05) is 13.9 Å². The van der Waals surface area contributed by atoms with E-state index in [2.05, 4.69) is 10.1 Å². The number of hydrogen-bond acceptors (Lipinski definition) is 5. The third-order valence-electron chi connectivity index (χ3n) is 4.50. The third kappa shape index (κ3) is 3.34. The maximum absolute atomic E-state index is 14.3. The molecule has 0 fully saturated rings. The lowest BCUT2D eigenvalue weighted by atomic mass is 9.78. The Balaban J connectivity index is 0.00000300. The minimum absolute atomic E-state index is 0. The van der Waals surface area contributed by atoms with Crippen LogP contribution in [0, 0.1) is 11.6 Å². The van der Waals surface area contributed by atoms with Gasteiger partial charge in [0.15, 0.2) is 0 Å². The zero-order valence-electron chi connectivity index (χ0n) is 14.5. The molecule has 28 heavy (non-hydrogen) atoms. The number of carbonyl (C=O) groups is 2. The smallest absolute Gasteiger partial charge is 0.337 e. The van der Waals surface area contributed by atoms with Gasteiger partial charge in [-0.2, -0.15) is 0 Å². The van der Waals surface area contributed by atoms with E-state index in [1.165, 1.54) is 0 Å². The van der Waals surface area contributed by atoms with Crippen molar-refractivity contribution in [3.05, 3.63) is 57.4 Å². The van der Waals surface area contributed by atoms with Crippen LogP contribution in [0.2, 0.25) is 0 Å². The Hall–Kier alpha value is -2.91. The molecule has 1 atom stereocenters. The molecule has 0 spiro atoms. The summed E-state index contributed by atoms with van der Waals surface area (Å²) < 4.78 is 77.4. The normalized spacial score (nSPS) is 19.0. The van der Waals surface area contributed by atoms with Crippen LogP contribution in [0.25, 0.3) is 0 Å². The molecule has 0 radical (unpaired) electrons. The largest absolute Gasteiger partial charge is 0.466 e. The van der Waals surface area contributed by atoms with Gasteiger partial charge in [-0.1, -0.05) is 0 Å². The highest BCUT2D eigenvalue weighted by atomic mass is 19.3. The fourth-order valence-corrected chi connectivity index (χ4v) is 3.40. The molecule has 5 nitrogen and oxygen atoms in total. The zero-order chi connectivity index (χ0) is 20.6. The van der Waals surface area contributed by atoms with Crippen LogP contribution < -0.4 is 5.32 Å². The number of esters is 2. The van der Waals surface area contributed by atoms with Gasteiger partial charge in [-0.25, -0.2) is 31.5 Å². The van der Waals surface area contributed by atoms with E-state index in [9.17, 15) is 31.5 Å². The first-order chi connectivity index (χ1) is 13.3. The first-order valence-corrected chi connectivity index (χ1v) is 8.08. The first-order valence-electron chi connectivity index (χ1n) is 8.08. The number of nitrogens with one attached hydrogen (secondary N) is 1. The summed E-state index contributed by atoms with van der Waals surface area (Å²) in [6.07, 6.45) is -4.08. The van der Waals surface area contributed by atoms with E-state index in [0.717, 1.165) is 13.2 Å². The molecule has 0 bridgehead atoms. The Morgan fingerprint density at radius 2 is 2.11 bits per heavy atom. The monoisotopic (exact) mass is 405 g/mol. The summed E-state index contributed by atoms with van der Waals surface area (Å²) in [4.78, 5) is 24.5. The van der Waals surface area contributed by atoms with Crippen LogP contribution in [0.3, 0.4) is 0 Å². The van der Waals surface area contributed by atoms with Crippen LogP contribution >= 0.6 is 0 Å². The van der Waals surface area contributed by atoms with E-state index in [-0.39, 0.29) is 25.0 Å². The number of rotatable bonds is 5. The second kappa shape index (κ2) is 7.61. The van der Waals surface area contributed by atoms with E-state index in [0.29, 0.717) is 6.07 Å². The number of benzene rings is 1. The number of methoxy groups -OCH3 is 1. The topological polar surface area (TPSA) is 64.6 Å². The molecule has 0 aromatic heterocycles. The van der Waals surface area contributed by atoms with Crippen molar-refractivity contribution in [2.45, 2.75) is 18.8 Å². The molecule has 0 amide bonds. The molecule has 2 aliphatic rings. The quantitative estimate of drug-likeness (QED) is 0.603.